The number of nitrogens with one attached hydrogen (secondary N) is 1. The molecule has 1 saturated carbocycles. The minimum atomic E-state index is -0.890. The number of aromatic carboxylic acids is 1. The van der Waals surface area contributed by atoms with Gasteiger partial charge in [0.25, 0.3) is 0 Å². The van der Waals surface area contributed by atoms with E-state index < -0.39 is 5.97 Å². The van der Waals surface area contributed by atoms with Gasteiger partial charge in [-0.3, -0.25) is 0 Å². The lowest BCUT2D eigenvalue weighted by Gasteiger charge is -2.38. The fraction of sp³-hybridized carbons (Fsp3) is 0.462. The summed E-state index contributed by atoms with van der Waals surface area (Å²) in [4.78, 5) is 11.1. The van der Waals surface area contributed by atoms with E-state index in [0.29, 0.717) is 16.7 Å². The van der Waals surface area contributed by atoms with Crippen LogP contribution in [0, 0.1) is 5.41 Å². The number of carbonyl (C=O) groups is 1. The Morgan fingerprint density at radius 3 is 2.76 bits per heavy atom. The molecule has 0 heterocycles. The summed E-state index contributed by atoms with van der Waals surface area (Å²) in [5.74, 6) is -0.890. The molecular formula is C13H16BrNO2. The molecule has 0 unspecified atom stereocenters. The third-order valence-electron chi connectivity index (χ3n) is 3.48. The molecule has 1 aromatic rings. The first-order valence-electron chi connectivity index (χ1n) is 5.77. The van der Waals surface area contributed by atoms with Crippen molar-refractivity contribution in [3.63, 3.8) is 0 Å². The van der Waals surface area contributed by atoms with Crippen molar-refractivity contribution in [2.75, 3.05) is 11.9 Å². The molecule has 0 saturated heterocycles. The van der Waals surface area contributed by atoms with Gasteiger partial charge in [0.15, 0.2) is 0 Å². The minimum absolute atomic E-state index is 0.330. The van der Waals surface area contributed by atoms with Crippen molar-refractivity contribution in [3.8, 4) is 0 Å². The molecule has 2 N–H and O–H groups in total. The lowest BCUT2D eigenvalue weighted by Crippen LogP contribution is -2.33. The second kappa shape index (κ2) is 4.69. The van der Waals surface area contributed by atoms with Crippen molar-refractivity contribution in [1.82, 2.24) is 0 Å². The first-order chi connectivity index (χ1) is 8.00. The average molecular weight is 298 g/mol. The second-order valence-corrected chi connectivity index (χ2v) is 5.93. The molecule has 0 amide bonds. The molecule has 0 spiro atoms. The Morgan fingerprint density at radius 1 is 1.53 bits per heavy atom. The van der Waals surface area contributed by atoms with Gasteiger partial charge in [-0.25, -0.2) is 4.79 Å². The minimum Gasteiger partial charge on any atom is -0.478 e. The van der Waals surface area contributed by atoms with E-state index in [1.807, 2.05) is 6.07 Å². The molecule has 1 aliphatic rings. The molecule has 17 heavy (non-hydrogen) atoms. The Kier molecular flexibility index (Phi) is 3.43. The summed E-state index contributed by atoms with van der Waals surface area (Å²) in [5, 5.41) is 12.4. The molecule has 0 aromatic heterocycles. The lowest BCUT2D eigenvalue weighted by atomic mass is 9.70. The van der Waals surface area contributed by atoms with Crippen LogP contribution in [0.5, 0.6) is 0 Å². The maximum atomic E-state index is 11.1. The highest BCUT2D eigenvalue weighted by molar-refractivity contribution is 9.10. The highest BCUT2D eigenvalue weighted by Gasteiger charge is 2.31. The maximum Gasteiger partial charge on any atom is 0.337 e. The molecule has 0 bridgehead atoms. The third-order valence-corrected chi connectivity index (χ3v) is 3.97. The van der Waals surface area contributed by atoms with Crippen LogP contribution in [0.25, 0.3) is 0 Å². The zero-order valence-corrected chi connectivity index (χ0v) is 11.4. The fourth-order valence-electron chi connectivity index (χ4n) is 2.11. The monoisotopic (exact) mass is 297 g/mol. The van der Waals surface area contributed by atoms with Crippen molar-refractivity contribution >= 4 is 27.6 Å². The van der Waals surface area contributed by atoms with Crippen LogP contribution in [0.2, 0.25) is 0 Å². The van der Waals surface area contributed by atoms with E-state index in [1.54, 1.807) is 12.1 Å². The summed E-state index contributed by atoms with van der Waals surface area (Å²) in [6, 6.07) is 5.20. The van der Waals surface area contributed by atoms with Crippen molar-refractivity contribution in [3.05, 3.63) is 28.2 Å². The number of anilines is 1. The molecule has 0 aliphatic heterocycles. The quantitative estimate of drug-likeness (QED) is 0.890. The standard InChI is InChI=1S/C13H16BrNO2/c1-13(5-2-6-13)8-15-11-7-9(14)3-4-10(11)12(16)17/h3-4,7,15H,2,5-6,8H2,1H3,(H,16,17). The molecular weight excluding hydrogens is 282 g/mol. The van der Waals surface area contributed by atoms with Crippen LogP contribution >= 0.6 is 15.9 Å². The van der Waals surface area contributed by atoms with E-state index in [4.69, 9.17) is 5.11 Å². The molecule has 1 fully saturated rings. The Balaban J connectivity index is 2.13. The maximum absolute atomic E-state index is 11.1. The Hall–Kier alpha value is -1.03. The van der Waals surface area contributed by atoms with Crippen LogP contribution in [0.3, 0.4) is 0 Å². The van der Waals surface area contributed by atoms with E-state index >= 15 is 0 Å². The van der Waals surface area contributed by atoms with Gasteiger partial charge in [0.2, 0.25) is 0 Å². The van der Waals surface area contributed by atoms with Gasteiger partial charge in [-0.1, -0.05) is 29.3 Å². The highest BCUT2D eigenvalue weighted by Crippen LogP contribution is 2.40. The lowest BCUT2D eigenvalue weighted by molar-refractivity contribution is 0.0697. The smallest absolute Gasteiger partial charge is 0.337 e. The van der Waals surface area contributed by atoms with Crippen molar-refractivity contribution in [1.29, 1.82) is 0 Å². The number of hydrogen-bond acceptors (Lipinski definition) is 2. The molecule has 2 rings (SSSR count). The normalized spacial score (nSPS) is 17.3. The summed E-state index contributed by atoms with van der Waals surface area (Å²) in [5.41, 5.74) is 1.36. The SMILES string of the molecule is CC1(CNc2cc(Br)ccc2C(=O)O)CCC1. The number of carboxylic acids is 1. The fourth-order valence-corrected chi connectivity index (χ4v) is 2.48. The summed E-state index contributed by atoms with van der Waals surface area (Å²) < 4.78 is 0.892. The highest BCUT2D eigenvalue weighted by atomic mass is 79.9. The summed E-state index contributed by atoms with van der Waals surface area (Å²) in [6.45, 7) is 3.08. The van der Waals surface area contributed by atoms with E-state index in [0.717, 1.165) is 11.0 Å². The van der Waals surface area contributed by atoms with Gasteiger partial charge in [-0.15, -0.1) is 0 Å². The number of halogens is 1. The van der Waals surface area contributed by atoms with Crippen LogP contribution in [-0.2, 0) is 0 Å². The van der Waals surface area contributed by atoms with Gasteiger partial charge in [0.05, 0.1) is 5.56 Å². The number of benzene rings is 1. The summed E-state index contributed by atoms with van der Waals surface area (Å²) in [6.07, 6.45) is 3.72. The number of rotatable bonds is 4. The van der Waals surface area contributed by atoms with Gasteiger partial charge < -0.3 is 10.4 Å². The van der Waals surface area contributed by atoms with Crippen molar-refractivity contribution in [2.45, 2.75) is 26.2 Å². The summed E-state index contributed by atoms with van der Waals surface area (Å²) in [7, 11) is 0. The third kappa shape index (κ3) is 2.80. The largest absolute Gasteiger partial charge is 0.478 e. The summed E-state index contributed by atoms with van der Waals surface area (Å²) >= 11 is 3.36. The van der Waals surface area contributed by atoms with Crippen LogP contribution in [0.4, 0.5) is 5.69 Å². The Labute approximate surface area is 109 Å². The van der Waals surface area contributed by atoms with Gasteiger partial charge >= 0.3 is 5.97 Å². The van der Waals surface area contributed by atoms with Crippen LogP contribution < -0.4 is 5.32 Å². The first kappa shape index (κ1) is 12.4. The molecule has 0 radical (unpaired) electrons. The zero-order valence-electron chi connectivity index (χ0n) is 9.79. The number of carboxylic acid groups (broad SMARTS) is 1. The zero-order chi connectivity index (χ0) is 12.5. The van der Waals surface area contributed by atoms with Gasteiger partial charge in [0, 0.05) is 16.7 Å². The van der Waals surface area contributed by atoms with Crippen molar-refractivity contribution < 1.29 is 9.90 Å². The molecule has 4 heteroatoms. The predicted molar refractivity (Wildman–Crippen MR) is 71.5 cm³/mol. The van der Waals surface area contributed by atoms with E-state index in [-0.39, 0.29) is 0 Å². The molecule has 0 atom stereocenters. The molecule has 1 aliphatic carbocycles. The van der Waals surface area contributed by atoms with Crippen LogP contribution in [-0.4, -0.2) is 17.6 Å². The predicted octanol–water partition coefficient (Wildman–Crippen LogP) is 3.75. The van der Waals surface area contributed by atoms with Gasteiger partial charge in [-0.2, -0.15) is 0 Å². The van der Waals surface area contributed by atoms with E-state index in [2.05, 4.69) is 28.2 Å². The van der Waals surface area contributed by atoms with E-state index in [9.17, 15) is 4.79 Å². The molecule has 1 aromatic carbocycles. The van der Waals surface area contributed by atoms with Gasteiger partial charge in [-0.05, 0) is 36.5 Å². The average Bonchev–Trinajstić information content (AvgIpc) is 2.23. The first-order valence-corrected chi connectivity index (χ1v) is 6.56. The van der Waals surface area contributed by atoms with Gasteiger partial charge in [0.1, 0.15) is 0 Å². The molecule has 3 nitrogen and oxygen atoms in total. The molecule has 92 valence electrons. The Bertz CT molecular complexity index is 441. The number of hydrogen-bond donors (Lipinski definition) is 2. The Morgan fingerprint density at radius 2 is 2.24 bits per heavy atom. The topological polar surface area (TPSA) is 49.3 Å². The second-order valence-electron chi connectivity index (χ2n) is 5.01. The van der Waals surface area contributed by atoms with Crippen LogP contribution in [0.15, 0.2) is 22.7 Å². The van der Waals surface area contributed by atoms with Crippen molar-refractivity contribution in [2.24, 2.45) is 5.41 Å². The van der Waals surface area contributed by atoms with Crippen LogP contribution in [0.1, 0.15) is 36.5 Å². The van der Waals surface area contributed by atoms with E-state index in [1.165, 1.54) is 19.3 Å².